The van der Waals surface area contributed by atoms with E-state index in [1.54, 1.807) is 0 Å². The molecule has 0 radical (unpaired) electrons. The predicted molar refractivity (Wildman–Crippen MR) is 108 cm³/mol. The number of carbonyl (C=O) groups is 1. The highest BCUT2D eigenvalue weighted by atomic mass is 16.7. The van der Waals surface area contributed by atoms with Crippen molar-refractivity contribution in [2.45, 2.75) is 32.7 Å². The summed E-state index contributed by atoms with van der Waals surface area (Å²) in [7, 11) is 0. The lowest BCUT2D eigenvalue weighted by molar-refractivity contribution is 0.166. The van der Waals surface area contributed by atoms with Crippen LogP contribution < -0.4 is 10.4 Å². The lowest BCUT2D eigenvalue weighted by atomic mass is 9.87. The molecule has 2 heterocycles. The first-order valence-electron chi connectivity index (χ1n) is 9.21. The monoisotopic (exact) mass is 374 g/mol. The van der Waals surface area contributed by atoms with Crippen molar-refractivity contribution in [1.29, 1.82) is 5.26 Å². The Morgan fingerprint density at radius 1 is 1.18 bits per heavy atom. The number of hydrogen-bond donors (Lipinski definition) is 1. The average molecular weight is 374 g/mol. The number of aromatic nitrogens is 1. The topological polar surface area (TPSA) is 70.3 Å². The highest BCUT2D eigenvalue weighted by molar-refractivity contribution is 5.89. The number of hydrogen-bond acceptors (Lipinski definition) is 4. The van der Waals surface area contributed by atoms with Crippen molar-refractivity contribution in [3.8, 4) is 6.07 Å². The van der Waals surface area contributed by atoms with Gasteiger partial charge < -0.3 is 9.40 Å². The molecule has 1 N–H and O–H groups in total. The van der Waals surface area contributed by atoms with Crippen molar-refractivity contribution in [3.63, 3.8) is 0 Å². The molecule has 142 valence electrons. The minimum atomic E-state index is -0.466. The Hall–Kier alpha value is -3.46. The van der Waals surface area contributed by atoms with E-state index in [1.165, 1.54) is 10.6 Å². The minimum Gasteiger partial charge on any atom is -0.342 e. The molecule has 0 bridgehead atoms. The third kappa shape index (κ3) is 3.27. The van der Waals surface area contributed by atoms with Crippen molar-refractivity contribution in [1.82, 2.24) is 9.88 Å². The molecular formula is C22H22N4O2. The van der Waals surface area contributed by atoms with Crippen molar-refractivity contribution in [3.05, 3.63) is 65.4 Å². The maximum absolute atomic E-state index is 11.3. The number of benzene rings is 2. The van der Waals surface area contributed by atoms with Crippen molar-refractivity contribution < 1.29 is 9.63 Å². The Morgan fingerprint density at radius 2 is 1.93 bits per heavy atom. The number of anilines is 1. The molecule has 1 fully saturated rings. The highest BCUT2D eigenvalue weighted by Crippen LogP contribution is 2.28. The van der Waals surface area contributed by atoms with Gasteiger partial charge >= 0.3 is 6.09 Å². The number of rotatable bonds is 3. The van der Waals surface area contributed by atoms with Gasteiger partial charge in [-0.05, 0) is 34.7 Å². The summed E-state index contributed by atoms with van der Waals surface area (Å²) in [6.45, 7) is 7.54. The van der Waals surface area contributed by atoms with Crippen LogP contribution in [0.1, 0.15) is 37.5 Å². The van der Waals surface area contributed by atoms with Crippen LogP contribution in [-0.4, -0.2) is 17.3 Å². The summed E-state index contributed by atoms with van der Waals surface area (Å²) < 4.78 is 2.06. The van der Waals surface area contributed by atoms with Crippen LogP contribution in [0.2, 0.25) is 0 Å². The van der Waals surface area contributed by atoms with Gasteiger partial charge in [0.05, 0.1) is 16.8 Å². The van der Waals surface area contributed by atoms with Crippen molar-refractivity contribution in [2.24, 2.45) is 0 Å². The van der Waals surface area contributed by atoms with Gasteiger partial charge in [0.2, 0.25) is 0 Å². The molecule has 4 rings (SSSR count). The maximum Gasteiger partial charge on any atom is 0.433 e. The number of nitriles is 1. The summed E-state index contributed by atoms with van der Waals surface area (Å²) >= 11 is 0. The lowest BCUT2D eigenvalue weighted by Gasteiger charge is -2.19. The van der Waals surface area contributed by atoms with E-state index in [9.17, 15) is 10.1 Å². The predicted octanol–water partition coefficient (Wildman–Crippen LogP) is 4.28. The van der Waals surface area contributed by atoms with Gasteiger partial charge in [-0.15, -0.1) is 0 Å². The summed E-state index contributed by atoms with van der Waals surface area (Å²) in [5, 5.41) is 14.5. The van der Waals surface area contributed by atoms with Crippen LogP contribution in [0.4, 0.5) is 10.5 Å². The second-order valence-corrected chi connectivity index (χ2v) is 8.02. The Labute approximate surface area is 163 Å². The summed E-state index contributed by atoms with van der Waals surface area (Å²) in [5.74, 6) is 0. The van der Waals surface area contributed by atoms with Crippen LogP contribution in [0, 0.1) is 11.3 Å². The van der Waals surface area contributed by atoms with Gasteiger partial charge in [-0.2, -0.15) is 10.3 Å². The van der Waals surface area contributed by atoms with E-state index in [2.05, 4.69) is 61.0 Å². The van der Waals surface area contributed by atoms with Crippen LogP contribution in [0.3, 0.4) is 0 Å². The lowest BCUT2D eigenvalue weighted by Crippen LogP contribution is -2.19. The first kappa shape index (κ1) is 17.9. The number of amides is 1. The van der Waals surface area contributed by atoms with Crippen LogP contribution in [0.5, 0.6) is 0 Å². The number of nitrogens with zero attached hydrogens (tertiary/aromatic N) is 3. The van der Waals surface area contributed by atoms with Crippen molar-refractivity contribution >= 4 is 22.7 Å². The molecule has 0 atom stereocenters. The number of nitrogens with one attached hydrogen (secondary N) is 1. The van der Waals surface area contributed by atoms with E-state index in [0.29, 0.717) is 18.8 Å². The first-order chi connectivity index (χ1) is 13.3. The molecule has 1 amide bonds. The zero-order valence-electron chi connectivity index (χ0n) is 16.2. The first-order valence-corrected chi connectivity index (χ1v) is 9.21. The molecule has 1 aromatic heterocycles. The van der Waals surface area contributed by atoms with Crippen LogP contribution in [0.15, 0.2) is 48.7 Å². The Bertz CT molecular complexity index is 1080. The van der Waals surface area contributed by atoms with Gasteiger partial charge in [-0.3, -0.25) is 5.32 Å². The highest BCUT2D eigenvalue weighted by Gasteiger charge is 2.22. The van der Waals surface area contributed by atoms with Gasteiger partial charge in [-0.1, -0.05) is 45.0 Å². The molecule has 2 aromatic carbocycles. The van der Waals surface area contributed by atoms with Gasteiger partial charge in [0.25, 0.3) is 0 Å². The van der Waals surface area contributed by atoms with Gasteiger partial charge in [0, 0.05) is 18.1 Å². The fraction of sp³-hybridized carbons (Fsp3) is 0.273. The third-order valence-corrected chi connectivity index (χ3v) is 5.01. The Balaban J connectivity index is 1.69. The molecule has 0 spiro atoms. The van der Waals surface area contributed by atoms with E-state index < -0.39 is 6.09 Å². The molecule has 6 nitrogen and oxygen atoms in total. The smallest absolute Gasteiger partial charge is 0.342 e. The number of carbonyl (C=O) groups excluding carboxylic acids is 1. The van der Waals surface area contributed by atoms with E-state index >= 15 is 0 Å². The molecule has 1 aliphatic rings. The van der Waals surface area contributed by atoms with Crippen molar-refractivity contribution in [2.75, 3.05) is 11.7 Å². The number of hydroxylamine groups is 1. The fourth-order valence-corrected chi connectivity index (χ4v) is 3.41. The molecular weight excluding hydrogens is 352 g/mol. The largest absolute Gasteiger partial charge is 0.433 e. The summed E-state index contributed by atoms with van der Waals surface area (Å²) in [4.78, 5) is 16.5. The minimum absolute atomic E-state index is 0.114. The summed E-state index contributed by atoms with van der Waals surface area (Å²) in [6, 6.07) is 16.6. The van der Waals surface area contributed by atoms with Crippen LogP contribution in [0.25, 0.3) is 10.9 Å². The third-order valence-electron chi connectivity index (χ3n) is 5.01. The molecule has 6 heteroatoms. The second-order valence-electron chi connectivity index (χ2n) is 8.02. The molecule has 28 heavy (non-hydrogen) atoms. The number of fused-ring (bicyclic) bond motifs is 1. The molecule has 0 unspecified atom stereocenters. The van der Waals surface area contributed by atoms with Gasteiger partial charge in [-0.25, -0.2) is 4.79 Å². The molecule has 0 saturated carbocycles. The molecule has 0 aliphatic carbocycles. The fourth-order valence-electron chi connectivity index (χ4n) is 3.41. The maximum atomic E-state index is 11.3. The molecule has 1 saturated heterocycles. The van der Waals surface area contributed by atoms with E-state index in [4.69, 9.17) is 4.84 Å². The zero-order chi connectivity index (χ0) is 19.9. The van der Waals surface area contributed by atoms with E-state index in [0.717, 1.165) is 22.2 Å². The summed E-state index contributed by atoms with van der Waals surface area (Å²) in [5.41, 5.74) is 4.88. The van der Waals surface area contributed by atoms with E-state index in [-0.39, 0.29) is 5.41 Å². The quantitative estimate of drug-likeness (QED) is 0.743. The normalized spacial score (nSPS) is 14.1. The van der Waals surface area contributed by atoms with Crippen LogP contribution >= 0.6 is 0 Å². The Morgan fingerprint density at radius 3 is 2.54 bits per heavy atom. The standard InChI is InChI=1S/C22H22N4O2/c1-22(2,3)17-6-4-15(5-7-17)12-25-13-16(11-23)19-9-8-18(10-20(19)25)26-14-24-21(27)28-26/h4-10,13H,12,14H2,1-3H3,(H,24,27). The summed E-state index contributed by atoms with van der Waals surface area (Å²) in [6.07, 6.45) is 1.41. The molecule has 1 aliphatic heterocycles. The SMILES string of the molecule is CC(C)(C)c1ccc(Cn2cc(C#N)c3ccc(N4CNC(=O)O4)cc32)cc1. The van der Waals surface area contributed by atoms with E-state index in [1.807, 2.05) is 24.4 Å². The molecule has 3 aromatic rings. The van der Waals surface area contributed by atoms with Gasteiger partial charge in [0.1, 0.15) is 12.7 Å². The Kier molecular flexibility index (Phi) is 4.23. The van der Waals surface area contributed by atoms with Gasteiger partial charge in [0.15, 0.2) is 0 Å². The second kappa shape index (κ2) is 6.61. The average Bonchev–Trinajstić information content (AvgIpc) is 3.25. The van der Waals surface area contributed by atoms with Crippen LogP contribution in [-0.2, 0) is 16.8 Å². The zero-order valence-corrected chi connectivity index (χ0v) is 16.2.